The fourth-order valence-corrected chi connectivity index (χ4v) is 3.22. The molecule has 134 valence electrons. The SMILES string of the molecule is CC(C)(C)OC(=O)N1CCC(CNC2CCC(F)(F)CC2)CC1. The van der Waals surface area contributed by atoms with Crippen molar-refractivity contribution in [3.8, 4) is 0 Å². The van der Waals surface area contributed by atoms with Crippen LogP contribution in [0.4, 0.5) is 13.6 Å². The second-order valence-electron chi connectivity index (χ2n) is 7.95. The average molecular weight is 332 g/mol. The van der Waals surface area contributed by atoms with Crippen molar-refractivity contribution in [2.45, 2.75) is 76.9 Å². The number of carbonyl (C=O) groups is 1. The Labute approximate surface area is 137 Å². The number of piperidine rings is 1. The minimum Gasteiger partial charge on any atom is -0.444 e. The highest BCUT2D eigenvalue weighted by Crippen LogP contribution is 2.33. The maximum atomic E-state index is 13.1. The standard InChI is InChI=1S/C17H30F2N2O2/c1-16(2,3)23-15(22)21-10-6-13(7-11-21)12-20-14-4-8-17(18,19)9-5-14/h13-14,20H,4-12H2,1-3H3. The molecule has 0 aromatic rings. The zero-order chi connectivity index (χ0) is 17.1. The Morgan fingerprint density at radius 2 is 1.74 bits per heavy atom. The molecule has 2 fully saturated rings. The number of amides is 1. The van der Waals surface area contributed by atoms with Gasteiger partial charge in [-0.15, -0.1) is 0 Å². The molecule has 4 nitrogen and oxygen atoms in total. The lowest BCUT2D eigenvalue weighted by Crippen LogP contribution is -2.45. The van der Waals surface area contributed by atoms with Crippen LogP contribution in [0.5, 0.6) is 0 Å². The number of ether oxygens (including phenoxy) is 1. The number of carbonyl (C=O) groups excluding carboxylic acids is 1. The molecule has 0 aromatic heterocycles. The number of alkyl halides is 2. The van der Waals surface area contributed by atoms with Crippen LogP contribution >= 0.6 is 0 Å². The Balaban J connectivity index is 1.64. The minimum atomic E-state index is -2.46. The Bertz CT molecular complexity index is 392. The molecule has 0 atom stereocenters. The summed E-state index contributed by atoms with van der Waals surface area (Å²) in [7, 11) is 0. The number of halogens is 2. The summed E-state index contributed by atoms with van der Waals surface area (Å²) >= 11 is 0. The minimum absolute atomic E-state index is 0.00174. The third-order valence-electron chi connectivity index (χ3n) is 4.68. The molecule has 0 unspecified atom stereocenters. The summed E-state index contributed by atoms with van der Waals surface area (Å²) in [6, 6.07) is 0.221. The highest BCUT2D eigenvalue weighted by atomic mass is 19.3. The molecular formula is C17H30F2N2O2. The second-order valence-corrected chi connectivity index (χ2v) is 7.95. The van der Waals surface area contributed by atoms with E-state index in [2.05, 4.69) is 5.32 Å². The van der Waals surface area contributed by atoms with Crippen molar-refractivity contribution in [1.82, 2.24) is 10.2 Å². The van der Waals surface area contributed by atoms with Gasteiger partial charge in [-0.05, 0) is 58.9 Å². The Morgan fingerprint density at radius 3 is 2.26 bits per heavy atom. The molecule has 1 saturated carbocycles. The summed E-state index contributed by atoms with van der Waals surface area (Å²) in [5.41, 5.74) is -0.460. The summed E-state index contributed by atoms with van der Waals surface area (Å²) in [5, 5.41) is 3.44. The molecule has 23 heavy (non-hydrogen) atoms. The van der Waals surface area contributed by atoms with Gasteiger partial charge in [0.25, 0.3) is 0 Å². The van der Waals surface area contributed by atoms with Crippen molar-refractivity contribution in [1.29, 1.82) is 0 Å². The van der Waals surface area contributed by atoms with E-state index in [1.165, 1.54) is 0 Å². The van der Waals surface area contributed by atoms with Crippen molar-refractivity contribution in [2.24, 2.45) is 5.92 Å². The molecular weight excluding hydrogens is 302 g/mol. The van der Waals surface area contributed by atoms with E-state index in [1.54, 1.807) is 4.90 Å². The lowest BCUT2D eigenvalue weighted by molar-refractivity contribution is -0.0407. The van der Waals surface area contributed by atoms with E-state index >= 15 is 0 Å². The van der Waals surface area contributed by atoms with Crippen molar-refractivity contribution >= 4 is 6.09 Å². The van der Waals surface area contributed by atoms with Crippen LogP contribution in [-0.4, -0.2) is 48.2 Å². The fourth-order valence-electron chi connectivity index (χ4n) is 3.22. The molecule has 1 aliphatic heterocycles. The van der Waals surface area contributed by atoms with Crippen molar-refractivity contribution in [2.75, 3.05) is 19.6 Å². The molecule has 0 spiro atoms. The number of hydrogen-bond donors (Lipinski definition) is 1. The van der Waals surface area contributed by atoms with E-state index in [-0.39, 0.29) is 25.0 Å². The van der Waals surface area contributed by atoms with Gasteiger partial charge in [0.2, 0.25) is 5.92 Å². The predicted octanol–water partition coefficient (Wildman–Crippen LogP) is 3.80. The van der Waals surface area contributed by atoms with Crippen molar-refractivity contribution in [3.63, 3.8) is 0 Å². The third kappa shape index (κ3) is 6.24. The lowest BCUT2D eigenvalue weighted by Gasteiger charge is -2.35. The molecule has 0 aromatic carbocycles. The van der Waals surface area contributed by atoms with Gasteiger partial charge in [-0.25, -0.2) is 13.6 Å². The molecule has 6 heteroatoms. The van der Waals surface area contributed by atoms with Gasteiger partial charge >= 0.3 is 6.09 Å². The molecule has 0 radical (unpaired) electrons. The predicted molar refractivity (Wildman–Crippen MR) is 85.7 cm³/mol. The van der Waals surface area contributed by atoms with Crippen LogP contribution in [0, 0.1) is 5.92 Å². The maximum Gasteiger partial charge on any atom is 0.410 e. The van der Waals surface area contributed by atoms with Gasteiger partial charge in [0.15, 0.2) is 0 Å². The van der Waals surface area contributed by atoms with Crippen LogP contribution in [0.25, 0.3) is 0 Å². The van der Waals surface area contributed by atoms with Gasteiger partial charge in [0, 0.05) is 32.0 Å². The molecule has 1 saturated heterocycles. The first kappa shape index (κ1) is 18.4. The Morgan fingerprint density at radius 1 is 1.17 bits per heavy atom. The van der Waals surface area contributed by atoms with Crippen LogP contribution in [0.15, 0.2) is 0 Å². The zero-order valence-corrected chi connectivity index (χ0v) is 14.5. The van der Waals surface area contributed by atoms with E-state index < -0.39 is 11.5 Å². The second kappa shape index (κ2) is 7.32. The normalized spacial score (nSPS) is 23.8. The summed E-state index contributed by atoms with van der Waals surface area (Å²) < 4.78 is 31.7. The molecule has 1 amide bonds. The first-order valence-corrected chi connectivity index (χ1v) is 8.74. The van der Waals surface area contributed by atoms with Crippen LogP contribution in [0.1, 0.15) is 59.3 Å². The van der Waals surface area contributed by atoms with E-state index in [0.29, 0.717) is 31.8 Å². The molecule has 1 N–H and O–H groups in total. The largest absolute Gasteiger partial charge is 0.444 e. The van der Waals surface area contributed by atoms with Gasteiger partial charge in [0.1, 0.15) is 5.60 Å². The van der Waals surface area contributed by atoms with Gasteiger partial charge in [-0.3, -0.25) is 0 Å². The summed E-state index contributed by atoms with van der Waals surface area (Å²) in [5.74, 6) is -1.95. The molecule has 2 aliphatic rings. The third-order valence-corrected chi connectivity index (χ3v) is 4.68. The zero-order valence-electron chi connectivity index (χ0n) is 14.5. The van der Waals surface area contributed by atoms with Gasteiger partial charge < -0.3 is 15.0 Å². The topological polar surface area (TPSA) is 41.6 Å². The Hall–Kier alpha value is -0.910. The number of hydrogen-bond acceptors (Lipinski definition) is 3. The smallest absolute Gasteiger partial charge is 0.410 e. The van der Waals surface area contributed by atoms with Gasteiger partial charge in [-0.2, -0.15) is 0 Å². The lowest BCUT2D eigenvalue weighted by atomic mass is 9.91. The summed E-state index contributed by atoms with van der Waals surface area (Å²) in [4.78, 5) is 13.8. The monoisotopic (exact) mass is 332 g/mol. The molecule has 1 heterocycles. The summed E-state index contributed by atoms with van der Waals surface area (Å²) in [6.07, 6.45) is 2.76. The highest BCUT2D eigenvalue weighted by molar-refractivity contribution is 5.68. The maximum absolute atomic E-state index is 13.1. The molecule has 2 rings (SSSR count). The van der Waals surface area contributed by atoms with E-state index in [4.69, 9.17) is 4.74 Å². The number of rotatable bonds is 3. The number of nitrogens with one attached hydrogen (secondary N) is 1. The first-order chi connectivity index (χ1) is 10.6. The quantitative estimate of drug-likeness (QED) is 0.855. The van der Waals surface area contributed by atoms with Crippen LogP contribution in [-0.2, 0) is 4.74 Å². The highest BCUT2D eigenvalue weighted by Gasteiger charge is 2.35. The first-order valence-electron chi connectivity index (χ1n) is 8.74. The average Bonchev–Trinajstić information content (AvgIpc) is 2.45. The van der Waals surface area contributed by atoms with Gasteiger partial charge in [-0.1, -0.05) is 0 Å². The summed E-state index contributed by atoms with van der Waals surface area (Å²) in [6.45, 7) is 7.90. The van der Waals surface area contributed by atoms with Crippen LogP contribution in [0.2, 0.25) is 0 Å². The molecule has 1 aliphatic carbocycles. The van der Waals surface area contributed by atoms with E-state index in [0.717, 1.165) is 19.4 Å². The molecule has 0 bridgehead atoms. The Kier molecular flexibility index (Phi) is 5.87. The van der Waals surface area contributed by atoms with E-state index in [9.17, 15) is 13.6 Å². The van der Waals surface area contributed by atoms with Crippen molar-refractivity contribution in [3.05, 3.63) is 0 Å². The van der Waals surface area contributed by atoms with E-state index in [1.807, 2.05) is 20.8 Å². The fraction of sp³-hybridized carbons (Fsp3) is 0.941. The number of likely N-dealkylation sites (tertiary alicyclic amines) is 1. The van der Waals surface area contributed by atoms with Gasteiger partial charge in [0.05, 0.1) is 0 Å². The number of nitrogens with zero attached hydrogens (tertiary/aromatic N) is 1. The van der Waals surface area contributed by atoms with Crippen molar-refractivity contribution < 1.29 is 18.3 Å². The van der Waals surface area contributed by atoms with Crippen LogP contribution < -0.4 is 5.32 Å². The van der Waals surface area contributed by atoms with Crippen LogP contribution in [0.3, 0.4) is 0 Å².